The van der Waals surface area contributed by atoms with E-state index in [2.05, 4.69) is 38.5 Å². The molecule has 3 rings (SSSR count). The predicted octanol–water partition coefficient (Wildman–Crippen LogP) is 2.57. The molecule has 0 bridgehead atoms. The van der Waals surface area contributed by atoms with Crippen molar-refractivity contribution in [2.24, 2.45) is 5.92 Å². The van der Waals surface area contributed by atoms with Gasteiger partial charge in [-0.2, -0.15) is 0 Å². The van der Waals surface area contributed by atoms with Crippen molar-refractivity contribution in [3.63, 3.8) is 0 Å². The number of amides is 2. The van der Waals surface area contributed by atoms with Crippen LogP contribution in [0.1, 0.15) is 63.4 Å². The molecule has 1 aromatic heterocycles. The van der Waals surface area contributed by atoms with Gasteiger partial charge in [0.15, 0.2) is 0 Å². The number of likely N-dealkylation sites (N-methyl/N-ethyl adjacent to an activating group) is 1. The van der Waals surface area contributed by atoms with Gasteiger partial charge in [0.2, 0.25) is 11.8 Å². The summed E-state index contributed by atoms with van der Waals surface area (Å²) in [5.41, 5.74) is 1.15. The van der Waals surface area contributed by atoms with Crippen molar-refractivity contribution in [3.8, 4) is 0 Å². The number of nitrogens with zero attached hydrogens (tertiary/aromatic N) is 3. The fraction of sp³-hybridized carbons (Fsp3) is 0.720. The Morgan fingerprint density at radius 2 is 2.03 bits per heavy atom. The average molecular weight is 444 g/mol. The second-order valence-corrected chi connectivity index (χ2v) is 9.43. The molecule has 2 fully saturated rings. The molecule has 0 spiro atoms. The van der Waals surface area contributed by atoms with E-state index in [1.54, 1.807) is 6.20 Å². The number of hydrogen-bond acceptors (Lipinski definition) is 5. The number of hydrogen-bond donors (Lipinski definition) is 2. The fourth-order valence-corrected chi connectivity index (χ4v) is 4.93. The number of pyridine rings is 1. The molecular weight excluding hydrogens is 402 g/mol. The summed E-state index contributed by atoms with van der Waals surface area (Å²) in [7, 11) is 2.18. The van der Waals surface area contributed by atoms with E-state index < -0.39 is 0 Å². The molecule has 32 heavy (non-hydrogen) atoms. The summed E-state index contributed by atoms with van der Waals surface area (Å²) in [5.74, 6) is 0.152. The Morgan fingerprint density at radius 1 is 1.19 bits per heavy atom. The van der Waals surface area contributed by atoms with Gasteiger partial charge < -0.3 is 15.5 Å². The van der Waals surface area contributed by atoms with Gasteiger partial charge in [0.1, 0.15) is 0 Å². The van der Waals surface area contributed by atoms with E-state index in [-0.39, 0.29) is 17.7 Å². The van der Waals surface area contributed by atoms with E-state index in [0.29, 0.717) is 32.0 Å². The molecule has 7 nitrogen and oxygen atoms in total. The predicted molar refractivity (Wildman–Crippen MR) is 127 cm³/mol. The Morgan fingerprint density at radius 3 is 2.81 bits per heavy atom. The van der Waals surface area contributed by atoms with Crippen LogP contribution in [0.4, 0.5) is 0 Å². The minimum Gasteiger partial charge on any atom is -0.356 e. The topological polar surface area (TPSA) is 77.6 Å². The zero-order valence-corrected chi connectivity index (χ0v) is 19.7. The smallest absolute Gasteiger partial charge is 0.223 e. The highest BCUT2D eigenvalue weighted by atomic mass is 16.2. The van der Waals surface area contributed by atoms with E-state index >= 15 is 0 Å². The lowest BCUT2D eigenvalue weighted by molar-refractivity contribution is -0.126. The van der Waals surface area contributed by atoms with Crippen LogP contribution in [0.2, 0.25) is 0 Å². The largest absolute Gasteiger partial charge is 0.356 e. The zero-order valence-electron chi connectivity index (χ0n) is 19.7. The number of carbonyl (C=O) groups excluding carboxylic acids is 2. The van der Waals surface area contributed by atoms with E-state index in [9.17, 15) is 9.59 Å². The molecule has 7 heteroatoms. The van der Waals surface area contributed by atoms with Crippen molar-refractivity contribution >= 4 is 11.8 Å². The molecule has 1 unspecified atom stereocenters. The van der Waals surface area contributed by atoms with E-state index in [4.69, 9.17) is 0 Å². The summed E-state index contributed by atoms with van der Waals surface area (Å²) >= 11 is 0. The normalized spacial score (nSPS) is 22.2. The first-order valence-corrected chi connectivity index (χ1v) is 12.5. The van der Waals surface area contributed by atoms with Gasteiger partial charge in [-0.1, -0.05) is 25.3 Å². The maximum atomic E-state index is 12.9. The molecule has 1 saturated carbocycles. The number of aromatic nitrogens is 1. The first-order chi connectivity index (χ1) is 15.6. The summed E-state index contributed by atoms with van der Waals surface area (Å²) in [6.07, 6.45) is 13.2. The Bertz CT molecular complexity index is 693. The van der Waals surface area contributed by atoms with Crippen LogP contribution < -0.4 is 10.6 Å². The van der Waals surface area contributed by atoms with Crippen LogP contribution in [0.3, 0.4) is 0 Å². The van der Waals surface area contributed by atoms with Gasteiger partial charge in [-0.15, -0.1) is 0 Å². The lowest BCUT2D eigenvalue weighted by atomic mass is 9.94. The SMILES string of the molecule is CN(CCNC(=O)C1CCCN(Cc2cccnc2)CCC(=O)NCC1)C1CCCCC1. The molecule has 0 aromatic carbocycles. The monoisotopic (exact) mass is 443 g/mol. The van der Waals surface area contributed by atoms with Crippen LogP contribution in [-0.4, -0.2) is 72.4 Å². The third kappa shape index (κ3) is 8.51. The first kappa shape index (κ1) is 24.6. The lowest BCUT2D eigenvalue weighted by Gasteiger charge is -2.31. The minimum absolute atomic E-state index is 0.0476. The van der Waals surface area contributed by atoms with Gasteiger partial charge in [0.25, 0.3) is 0 Å². The maximum Gasteiger partial charge on any atom is 0.223 e. The summed E-state index contributed by atoms with van der Waals surface area (Å²) < 4.78 is 0. The number of rotatable bonds is 7. The molecule has 2 aliphatic rings. The van der Waals surface area contributed by atoms with Crippen molar-refractivity contribution in [1.82, 2.24) is 25.4 Å². The van der Waals surface area contributed by atoms with Crippen molar-refractivity contribution < 1.29 is 9.59 Å². The van der Waals surface area contributed by atoms with Crippen LogP contribution in [0.15, 0.2) is 24.5 Å². The Kier molecular flexibility index (Phi) is 10.4. The molecule has 178 valence electrons. The van der Waals surface area contributed by atoms with Gasteiger partial charge in [-0.3, -0.25) is 19.5 Å². The number of nitrogens with one attached hydrogen (secondary N) is 2. The molecule has 1 aliphatic carbocycles. The maximum absolute atomic E-state index is 12.9. The third-order valence-electron chi connectivity index (χ3n) is 6.96. The van der Waals surface area contributed by atoms with E-state index in [1.165, 1.54) is 32.1 Å². The Labute approximate surface area is 193 Å². The molecule has 1 aromatic rings. The summed E-state index contributed by atoms with van der Waals surface area (Å²) in [5, 5.41) is 6.17. The molecule has 0 radical (unpaired) electrons. The molecule has 1 aliphatic heterocycles. The molecule has 2 amide bonds. The standard InChI is InChI=1S/C25H41N5O2/c1-29(23-9-3-2-4-10-23)18-15-28-25(32)22-8-6-16-30(17-12-24(31)27-14-11-22)20-21-7-5-13-26-19-21/h5,7,13,19,22-23H,2-4,6,8-12,14-18,20H2,1H3,(H,27,31)(H,28,32). The average Bonchev–Trinajstić information content (AvgIpc) is 2.86. The van der Waals surface area contributed by atoms with Gasteiger partial charge >= 0.3 is 0 Å². The summed E-state index contributed by atoms with van der Waals surface area (Å²) in [4.78, 5) is 34.0. The molecule has 1 saturated heterocycles. The van der Waals surface area contributed by atoms with Gasteiger partial charge in [0, 0.05) is 63.5 Å². The Balaban J connectivity index is 1.46. The van der Waals surface area contributed by atoms with Crippen molar-refractivity contribution in [3.05, 3.63) is 30.1 Å². The highest BCUT2D eigenvalue weighted by Crippen LogP contribution is 2.21. The van der Waals surface area contributed by atoms with Crippen LogP contribution in [0.5, 0.6) is 0 Å². The summed E-state index contributed by atoms with van der Waals surface area (Å²) in [6.45, 7) is 4.56. The summed E-state index contributed by atoms with van der Waals surface area (Å²) in [6, 6.07) is 4.68. The van der Waals surface area contributed by atoms with Gasteiger partial charge in [0.05, 0.1) is 0 Å². The zero-order chi connectivity index (χ0) is 22.6. The first-order valence-electron chi connectivity index (χ1n) is 12.5. The van der Waals surface area contributed by atoms with Gasteiger partial charge in [-0.05, 0) is 57.3 Å². The van der Waals surface area contributed by atoms with Crippen molar-refractivity contribution in [2.75, 3.05) is 39.8 Å². The molecule has 1 atom stereocenters. The number of carbonyl (C=O) groups is 2. The highest BCUT2D eigenvalue weighted by molar-refractivity contribution is 5.79. The minimum atomic E-state index is -0.0476. The van der Waals surface area contributed by atoms with Crippen molar-refractivity contribution in [1.29, 1.82) is 0 Å². The van der Waals surface area contributed by atoms with Gasteiger partial charge in [-0.25, -0.2) is 0 Å². The molecule has 2 N–H and O–H groups in total. The van der Waals surface area contributed by atoms with E-state index in [0.717, 1.165) is 44.6 Å². The highest BCUT2D eigenvalue weighted by Gasteiger charge is 2.21. The molecule has 2 heterocycles. The van der Waals surface area contributed by atoms with Crippen molar-refractivity contribution in [2.45, 2.75) is 70.4 Å². The quantitative estimate of drug-likeness (QED) is 0.677. The van der Waals surface area contributed by atoms with Crippen LogP contribution in [-0.2, 0) is 16.1 Å². The fourth-order valence-electron chi connectivity index (χ4n) is 4.93. The molecular formula is C25H41N5O2. The van der Waals surface area contributed by atoms with E-state index in [1.807, 2.05) is 12.3 Å². The van der Waals surface area contributed by atoms with Crippen LogP contribution in [0, 0.1) is 5.92 Å². The Hall–Kier alpha value is -1.99. The van der Waals surface area contributed by atoms with Crippen LogP contribution in [0.25, 0.3) is 0 Å². The third-order valence-corrected chi connectivity index (χ3v) is 6.96. The second kappa shape index (κ2) is 13.5. The second-order valence-electron chi connectivity index (χ2n) is 9.43. The lowest BCUT2D eigenvalue weighted by Crippen LogP contribution is -2.41. The van der Waals surface area contributed by atoms with Crippen LogP contribution >= 0.6 is 0 Å².